The van der Waals surface area contributed by atoms with Gasteiger partial charge < -0.3 is 14.2 Å². The quantitative estimate of drug-likeness (QED) is 0.450. The van der Waals surface area contributed by atoms with Crippen LogP contribution in [0.25, 0.3) is 0 Å². The second kappa shape index (κ2) is 5.98. The van der Waals surface area contributed by atoms with Gasteiger partial charge in [-0.1, -0.05) is 0 Å². The molecule has 0 N–H and O–H groups in total. The lowest BCUT2D eigenvalue weighted by Gasteiger charge is -2.36. The van der Waals surface area contributed by atoms with Crippen LogP contribution in [0.5, 0.6) is 0 Å². The summed E-state index contributed by atoms with van der Waals surface area (Å²) in [5.74, 6) is -1.10. The minimum Gasteiger partial charge on any atom is -0.461 e. The van der Waals surface area contributed by atoms with E-state index in [9.17, 15) is 14.4 Å². The van der Waals surface area contributed by atoms with Gasteiger partial charge in [-0.3, -0.25) is 14.4 Å². The first-order valence-electron chi connectivity index (χ1n) is 7.80. The average molecular weight is 324 g/mol. The zero-order valence-electron chi connectivity index (χ0n) is 14.4. The largest absolute Gasteiger partial charge is 0.461 e. The minimum absolute atomic E-state index is 0.143. The van der Waals surface area contributed by atoms with Crippen molar-refractivity contribution in [1.82, 2.24) is 0 Å². The summed E-state index contributed by atoms with van der Waals surface area (Å²) in [6.45, 7) is 8.73. The second-order valence-corrected chi connectivity index (χ2v) is 7.32. The molecule has 0 spiro atoms. The lowest BCUT2D eigenvalue weighted by molar-refractivity contribution is -0.161. The molecule has 1 aliphatic heterocycles. The van der Waals surface area contributed by atoms with E-state index in [4.69, 9.17) is 14.2 Å². The Morgan fingerprint density at radius 2 is 2.00 bits per heavy atom. The van der Waals surface area contributed by atoms with Crippen molar-refractivity contribution in [3.63, 3.8) is 0 Å². The summed E-state index contributed by atoms with van der Waals surface area (Å²) in [7, 11) is 0. The molecule has 0 radical (unpaired) electrons. The van der Waals surface area contributed by atoms with Crippen LogP contribution in [0.1, 0.15) is 47.5 Å². The van der Waals surface area contributed by atoms with E-state index in [1.54, 1.807) is 27.7 Å². The highest BCUT2D eigenvalue weighted by atomic mass is 16.6. The summed E-state index contributed by atoms with van der Waals surface area (Å²) in [6, 6.07) is 0. The van der Waals surface area contributed by atoms with E-state index in [-0.39, 0.29) is 19.2 Å². The van der Waals surface area contributed by atoms with Crippen LogP contribution in [0.4, 0.5) is 0 Å². The van der Waals surface area contributed by atoms with Gasteiger partial charge >= 0.3 is 17.9 Å². The van der Waals surface area contributed by atoms with E-state index in [1.165, 1.54) is 6.92 Å². The van der Waals surface area contributed by atoms with Gasteiger partial charge in [0.1, 0.15) is 24.7 Å². The molecular formula is C17H24O6. The molecule has 0 saturated carbocycles. The first kappa shape index (κ1) is 17.5. The molecule has 0 aromatic heterocycles. The predicted octanol–water partition coefficient (Wildman–Crippen LogP) is 2.16. The molecule has 1 heterocycles. The van der Waals surface area contributed by atoms with Crippen molar-refractivity contribution in [2.45, 2.75) is 53.6 Å². The molecule has 0 amide bonds. The lowest BCUT2D eigenvalue weighted by Crippen LogP contribution is -2.44. The SMILES string of the molecule is CC(=O)OC1CCC(COC(=O)C(C)(C)C)=C2COC(=O)C21C. The van der Waals surface area contributed by atoms with Crippen molar-refractivity contribution in [3.8, 4) is 0 Å². The highest BCUT2D eigenvalue weighted by Crippen LogP contribution is 2.47. The van der Waals surface area contributed by atoms with Crippen molar-refractivity contribution in [1.29, 1.82) is 0 Å². The monoisotopic (exact) mass is 324 g/mol. The topological polar surface area (TPSA) is 78.9 Å². The van der Waals surface area contributed by atoms with Crippen LogP contribution in [0.15, 0.2) is 11.1 Å². The van der Waals surface area contributed by atoms with Crippen molar-refractivity contribution < 1.29 is 28.6 Å². The molecule has 1 aliphatic carbocycles. The Morgan fingerprint density at radius 1 is 1.35 bits per heavy atom. The normalized spacial score (nSPS) is 27.3. The Kier molecular flexibility index (Phi) is 4.55. The van der Waals surface area contributed by atoms with Crippen molar-refractivity contribution >= 4 is 17.9 Å². The molecule has 23 heavy (non-hydrogen) atoms. The fraction of sp³-hybridized carbons (Fsp3) is 0.706. The van der Waals surface area contributed by atoms with Crippen LogP contribution < -0.4 is 0 Å². The molecule has 6 heteroatoms. The smallest absolute Gasteiger partial charge is 0.320 e. The maximum atomic E-state index is 12.2. The van der Waals surface area contributed by atoms with Gasteiger partial charge in [0, 0.05) is 6.92 Å². The lowest BCUT2D eigenvalue weighted by atomic mass is 9.70. The standard InChI is InChI=1S/C17H24O6/c1-10(18)23-13-7-6-11(8-21-14(19)16(2,3)4)12-9-22-15(20)17(12,13)5/h13H,6-9H2,1-5H3. The fourth-order valence-electron chi connectivity index (χ4n) is 3.01. The summed E-state index contributed by atoms with van der Waals surface area (Å²) >= 11 is 0. The first-order chi connectivity index (χ1) is 10.6. The zero-order valence-corrected chi connectivity index (χ0v) is 14.4. The van der Waals surface area contributed by atoms with Gasteiger partial charge in [0.25, 0.3) is 0 Å². The van der Waals surface area contributed by atoms with E-state index in [0.717, 1.165) is 11.1 Å². The van der Waals surface area contributed by atoms with Crippen molar-refractivity contribution in [2.24, 2.45) is 10.8 Å². The molecule has 0 aromatic rings. The molecule has 2 atom stereocenters. The van der Waals surface area contributed by atoms with Gasteiger partial charge in [-0.2, -0.15) is 0 Å². The number of carbonyl (C=O) groups excluding carboxylic acids is 3. The number of esters is 3. The highest BCUT2D eigenvalue weighted by molar-refractivity contribution is 5.85. The number of carbonyl (C=O) groups is 3. The zero-order chi connectivity index (χ0) is 17.4. The number of ether oxygens (including phenoxy) is 3. The molecule has 2 unspecified atom stereocenters. The summed E-state index contributed by atoms with van der Waals surface area (Å²) in [4.78, 5) is 35.4. The summed E-state index contributed by atoms with van der Waals surface area (Å²) in [5.41, 5.74) is 0.111. The molecule has 0 bridgehead atoms. The summed E-state index contributed by atoms with van der Waals surface area (Å²) in [5, 5.41) is 0. The van der Waals surface area contributed by atoms with Crippen LogP contribution in [0.2, 0.25) is 0 Å². The van der Waals surface area contributed by atoms with Gasteiger partial charge in [-0.05, 0) is 51.7 Å². The van der Waals surface area contributed by atoms with E-state index < -0.39 is 28.9 Å². The van der Waals surface area contributed by atoms with Gasteiger partial charge in [-0.25, -0.2) is 0 Å². The molecule has 0 aromatic carbocycles. The van der Waals surface area contributed by atoms with E-state index in [2.05, 4.69) is 0 Å². The number of fused-ring (bicyclic) bond motifs is 1. The first-order valence-corrected chi connectivity index (χ1v) is 7.80. The Bertz CT molecular complexity index is 568. The predicted molar refractivity (Wildman–Crippen MR) is 81.3 cm³/mol. The van der Waals surface area contributed by atoms with Crippen molar-refractivity contribution in [2.75, 3.05) is 13.2 Å². The van der Waals surface area contributed by atoms with Gasteiger partial charge in [-0.15, -0.1) is 0 Å². The maximum Gasteiger partial charge on any atom is 0.320 e. The van der Waals surface area contributed by atoms with Crippen LogP contribution in [0.3, 0.4) is 0 Å². The van der Waals surface area contributed by atoms with Gasteiger partial charge in [0.15, 0.2) is 0 Å². The van der Waals surface area contributed by atoms with Gasteiger partial charge in [0.2, 0.25) is 0 Å². The molecule has 6 nitrogen and oxygen atoms in total. The van der Waals surface area contributed by atoms with Crippen LogP contribution in [-0.2, 0) is 28.6 Å². The average Bonchev–Trinajstić information content (AvgIpc) is 2.74. The third-order valence-electron chi connectivity index (χ3n) is 4.48. The van der Waals surface area contributed by atoms with E-state index >= 15 is 0 Å². The third kappa shape index (κ3) is 3.26. The summed E-state index contributed by atoms with van der Waals surface area (Å²) < 4.78 is 15.9. The number of hydrogen-bond acceptors (Lipinski definition) is 6. The molecule has 2 aliphatic rings. The molecular weight excluding hydrogens is 300 g/mol. The Hall–Kier alpha value is -1.85. The number of rotatable bonds is 3. The van der Waals surface area contributed by atoms with Crippen LogP contribution in [0, 0.1) is 10.8 Å². The Labute approximate surface area is 136 Å². The third-order valence-corrected chi connectivity index (χ3v) is 4.48. The van der Waals surface area contributed by atoms with Crippen molar-refractivity contribution in [3.05, 3.63) is 11.1 Å². The van der Waals surface area contributed by atoms with Crippen LogP contribution >= 0.6 is 0 Å². The molecule has 1 saturated heterocycles. The van der Waals surface area contributed by atoms with Gasteiger partial charge in [0.05, 0.1) is 5.41 Å². The fourth-order valence-corrected chi connectivity index (χ4v) is 3.01. The second-order valence-electron chi connectivity index (χ2n) is 7.32. The van der Waals surface area contributed by atoms with Crippen LogP contribution in [-0.4, -0.2) is 37.2 Å². The minimum atomic E-state index is -0.979. The Morgan fingerprint density at radius 3 is 2.57 bits per heavy atom. The Balaban J connectivity index is 2.23. The van der Waals surface area contributed by atoms with E-state index in [1.807, 2.05) is 0 Å². The van der Waals surface area contributed by atoms with E-state index in [0.29, 0.717) is 12.8 Å². The number of hydrogen-bond donors (Lipinski definition) is 0. The molecule has 128 valence electrons. The summed E-state index contributed by atoms with van der Waals surface area (Å²) in [6.07, 6.45) is 0.584. The number of cyclic esters (lactones) is 1. The maximum absolute atomic E-state index is 12.2. The molecule has 2 rings (SSSR count). The molecule has 1 fully saturated rings. The highest BCUT2D eigenvalue weighted by Gasteiger charge is 2.55.